The van der Waals surface area contributed by atoms with Crippen LogP contribution in [0.4, 0.5) is 11.4 Å². The number of hydrogen-bond donors (Lipinski definition) is 2. The normalized spacial score (nSPS) is 10.2. The van der Waals surface area contributed by atoms with Gasteiger partial charge in [-0.2, -0.15) is 0 Å². The summed E-state index contributed by atoms with van der Waals surface area (Å²) in [6, 6.07) is 13.0. The first-order chi connectivity index (χ1) is 18.4. The lowest BCUT2D eigenvalue weighted by molar-refractivity contribution is -0.119. The Labute approximate surface area is 223 Å². The number of benzene rings is 2. The summed E-state index contributed by atoms with van der Waals surface area (Å²) in [4.78, 5) is 41.8. The Morgan fingerprint density at radius 3 is 1.92 bits per heavy atom. The number of anilines is 2. The molecule has 0 saturated heterocycles. The number of carbonyl (C=O) groups is 3. The van der Waals surface area contributed by atoms with Gasteiger partial charge in [0.2, 0.25) is 5.91 Å². The summed E-state index contributed by atoms with van der Waals surface area (Å²) >= 11 is 1.05. The molecule has 1 aromatic heterocycles. The van der Waals surface area contributed by atoms with Crippen LogP contribution < -0.4 is 29.6 Å². The Morgan fingerprint density at radius 1 is 0.789 bits per heavy atom. The molecular weight excluding hydrogens is 514 g/mol. The van der Waals surface area contributed by atoms with Crippen molar-refractivity contribution in [2.75, 3.05) is 51.4 Å². The number of aromatic nitrogens is 1. The number of hydrogen-bond acceptors (Lipinski definition) is 10. The zero-order valence-corrected chi connectivity index (χ0v) is 22.0. The SMILES string of the molecule is COc1ccc(NC(=O)COC(=O)c2cccnc2SCC(=O)Nc2ccc(OC)cc2OC)c(OC)c1. The van der Waals surface area contributed by atoms with E-state index in [0.717, 1.165) is 11.8 Å². The number of carbonyl (C=O) groups excluding carboxylic acids is 3. The lowest BCUT2D eigenvalue weighted by Crippen LogP contribution is -2.21. The summed E-state index contributed by atoms with van der Waals surface area (Å²) in [6.45, 7) is -0.537. The van der Waals surface area contributed by atoms with Gasteiger partial charge in [-0.25, -0.2) is 9.78 Å². The van der Waals surface area contributed by atoms with E-state index in [1.807, 2.05) is 0 Å². The molecule has 0 radical (unpaired) electrons. The highest BCUT2D eigenvalue weighted by Crippen LogP contribution is 2.30. The third-order valence-corrected chi connectivity index (χ3v) is 6.04. The molecule has 0 spiro atoms. The second-order valence-corrected chi connectivity index (χ2v) is 8.41. The predicted molar refractivity (Wildman–Crippen MR) is 142 cm³/mol. The van der Waals surface area contributed by atoms with Gasteiger partial charge in [-0.15, -0.1) is 0 Å². The molecule has 0 aliphatic heterocycles. The minimum atomic E-state index is -0.755. The van der Waals surface area contributed by atoms with Gasteiger partial charge in [0.1, 0.15) is 28.0 Å². The van der Waals surface area contributed by atoms with E-state index in [0.29, 0.717) is 34.4 Å². The molecule has 0 unspecified atom stereocenters. The molecule has 2 N–H and O–H groups in total. The largest absolute Gasteiger partial charge is 0.497 e. The van der Waals surface area contributed by atoms with Crippen molar-refractivity contribution >= 4 is 40.9 Å². The van der Waals surface area contributed by atoms with Crippen LogP contribution in [-0.2, 0) is 14.3 Å². The van der Waals surface area contributed by atoms with Crippen LogP contribution in [0.2, 0.25) is 0 Å². The number of nitrogens with zero attached hydrogens (tertiary/aromatic N) is 1. The molecule has 3 rings (SSSR count). The summed E-state index contributed by atoms with van der Waals surface area (Å²) in [6.07, 6.45) is 1.49. The van der Waals surface area contributed by atoms with Crippen LogP contribution in [0.1, 0.15) is 10.4 Å². The lowest BCUT2D eigenvalue weighted by atomic mass is 10.2. The van der Waals surface area contributed by atoms with Gasteiger partial charge in [-0.05, 0) is 36.4 Å². The predicted octanol–water partition coefficient (Wildman–Crippen LogP) is 3.64. The van der Waals surface area contributed by atoms with Crippen LogP contribution in [0.25, 0.3) is 0 Å². The van der Waals surface area contributed by atoms with Crippen LogP contribution in [0.3, 0.4) is 0 Å². The van der Waals surface area contributed by atoms with Crippen molar-refractivity contribution in [2.24, 2.45) is 0 Å². The molecule has 11 nitrogen and oxygen atoms in total. The first-order valence-corrected chi connectivity index (χ1v) is 12.2. The van der Waals surface area contributed by atoms with E-state index >= 15 is 0 Å². The summed E-state index contributed by atoms with van der Waals surface area (Å²) in [5, 5.41) is 5.67. The number of rotatable bonds is 12. The maximum absolute atomic E-state index is 12.7. The number of esters is 1. The summed E-state index contributed by atoms with van der Waals surface area (Å²) in [7, 11) is 5.99. The highest BCUT2D eigenvalue weighted by atomic mass is 32.2. The van der Waals surface area contributed by atoms with Gasteiger partial charge in [-0.1, -0.05) is 11.8 Å². The van der Waals surface area contributed by atoms with E-state index in [1.165, 1.54) is 40.7 Å². The average Bonchev–Trinajstić information content (AvgIpc) is 2.95. The molecule has 0 aliphatic rings. The van der Waals surface area contributed by atoms with Crippen molar-refractivity contribution in [3.8, 4) is 23.0 Å². The third-order valence-electron chi connectivity index (χ3n) is 5.03. The highest BCUT2D eigenvalue weighted by Gasteiger charge is 2.18. The second kappa shape index (κ2) is 13.7. The molecule has 200 valence electrons. The van der Waals surface area contributed by atoms with Crippen molar-refractivity contribution in [1.82, 2.24) is 4.98 Å². The molecular formula is C26H27N3O8S. The topological polar surface area (TPSA) is 134 Å². The van der Waals surface area contributed by atoms with E-state index in [4.69, 9.17) is 23.7 Å². The third kappa shape index (κ3) is 7.53. The Kier molecular flexibility index (Phi) is 10.2. The average molecular weight is 542 g/mol. The first kappa shape index (κ1) is 28.1. The zero-order valence-electron chi connectivity index (χ0n) is 21.2. The van der Waals surface area contributed by atoms with Gasteiger partial charge in [0.15, 0.2) is 6.61 Å². The monoisotopic (exact) mass is 541 g/mol. The molecule has 0 bridgehead atoms. The smallest absolute Gasteiger partial charge is 0.341 e. The van der Waals surface area contributed by atoms with Crippen molar-refractivity contribution < 1.29 is 38.1 Å². The first-order valence-electron chi connectivity index (χ1n) is 11.2. The zero-order chi connectivity index (χ0) is 27.5. The standard InChI is InChI=1S/C26H27N3O8S/c1-33-16-7-9-19(21(12-16)35-3)28-23(30)14-37-26(32)18-6-5-11-27-25(18)38-15-24(31)29-20-10-8-17(34-2)13-22(20)36-4/h5-13H,14-15H2,1-4H3,(H,28,30)(H,29,31). The number of amides is 2. The van der Waals surface area contributed by atoms with Crippen LogP contribution in [0.5, 0.6) is 23.0 Å². The molecule has 0 aliphatic carbocycles. The molecule has 3 aromatic rings. The van der Waals surface area contributed by atoms with Crippen LogP contribution in [0, 0.1) is 0 Å². The number of methoxy groups -OCH3 is 4. The van der Waals surface area contributed by atoms with Crippen LogP contribution in [0.15, 0.2) is 59.8 Å². The minimum absolute atomic E-state index is 0.0375. The fraction of sp³-hybridized carbons (Fsp3) is 0.231. The van der Waals surface area contributed by atoms with Gasteiger partial charge in [-0.3, -0.25) is 9.59 Å². The lowest BCUT2D eigenvalue weighted by Gasteiger charge is -2.13. The van der Waals surface area contributed by atoms with Gasteiger partial charge in [0.05, 0.1) is 51.1 Å². The van der Waals surface area contributed by atoms with Crippen LogP contribution >= 0.6 is 11.8 Å². The summed E-state index contributed by atoms with van der Waals surface area (Å²) < 4.78 is 26.0. The highest BCUT2D eigenvalue weighted by molar-refractivity contribution is 8.00. The fourth-order valence-corrected chi connectivity index (χ4v) is 3.96. The maximum atomic E-state index is 12.7. The number of thioether (sulfide) groups is 1. The fourth-order valence-electron chi connectivity index (χ4n) is 3.18. The van der Waals surface area contributed by atoms with Gasteiger partial charge in [0, 0.05) is 18.3 Å². The van der Waals surface area contributed by atoms with E-state index in [9.17, 15) is 14.4 Å². The summed E-state index contributed by atoms with van der Waals surface area (Å²) in [5.74, 6) is 0.284. The van der Waals surface area contributed by atoms with E-state index in [-0.39, 0.29) is 22.2 Å². The van der Waals surface area contributed by atoms with Gasteiger partial charge >= 0.3 is 5.97 Å². The number of nitrogens with one attached hydrogen (secondary N) is 2. The van der Waals surface area contributed by atoms with Crippen molar-refractivity contribution in [1.29, 1.82) is 0 Å². The van der Waals surface area contributed by atoms with Crippen molar-refractivity contribution in [3.63, 3.8) is 0 Å². The van der Waals surface area contributed by atoms with Gasteiger partial charge < -0.3 is 34.3 Å². The minimum Gasteiger partial charge on any atom is -0.497 e. The summed E-state index contributed by atoms with van der Waals surface area (Å²) in [5.41, 5.74) is 0.993. The molecule has 0 saturated carbocycles. The Bertz CT molecular complexity index is 1300. The molecule has 0 atom stereocenters. The number of pyridine rings is 1. The molecule has 12 heteroatoms. The Morgan fingerprint density at radius 2 is 1.37 bits per heavy atom. The molecule has 2 amide bonds. The van der Waals surface area contributed by atoms with Crippen molar-refractivity contribution in [3.05, 3.63) is 60.3 Å². The Balaban J connectivity index is 1.57. The van der Waals surface area contributed by atoms with E-state index in [2.05, 4.69) is 15.6 Å². The van der Waals surface area contributed by atoms with E-state index < -0.39 is 18.5 Å². The molecule has 0 fully saturated rings. The maximum Gasteiger partial charge on any atom is 0.341 e. The second-order valence-electron chi connectivity index (χ2n) is 7.45. The molecule has 2 aromatic carbocycles. The van der Waals surface area contributed by atoms with E-state index in [1.54, 1.807) is 42.5 Å². The molecule has 38 heavy (non-hydrogen) atoms. The van der Waals surface area contributed by atoms with Crippen molar-refractivity contribution in [2.45, 2.75) is 5.03 Å². The number of ether oxygens (including phenoxy) is 5. The van der Waals surface area contributed by atoms with Crippen LogP contribution in [-0.4, -0.2) is 63.6 Å². The molecule has 1 heterocycles. The van der Waals surface area contributed by atoms with Gasteiger partial charge in [0.25, 0.3) is 5.91 Å². The quantitative estimate of drug-likeness (QED) is 0.258. The Hall–Kier alpha value is -4.45.